The predicted molar refractivity (Wildman–Crippen MR) is 97.9 cm³/mol. The maximum absolute atomic E-state index is 12.3. The number of nitrogens with zero attached hydrogens (tertiary/aromatic N) is 5. The van der Waals surface area contributed by atoms with Crippen molar-refractivity contribution in [2.24, 2.45) is 5.92 Å². The summed E-state index contributed by atoms with van der Waals surface area (Å²) in [6.07, 6.45) is 5.07. The highest BCUT2D eigenvalue weighted by Gasteiger charge is 2.33. The molecule has 3 aromatic rings. The second-order valence-corrected chi connectivity index (χ2v) is 6.49. The predicted octanol–water partition coefficient (Wildman–Crippen LogP) is 1.72. The summed E-state index contributed by atoms with van der Waals surface area (Å²) in [5.41, 5.74) is 2.33. The standard InChI is InChI=1S/C19H20N6O/c1-14-3-5-15(6-4-14)10-20-19(26)16-11-24(12-16)17-9-18(22-13-21-17)25-8-2-7-23-25/h2-9,13,16H,10-12H2,1H3,(H,20,26). The van der Waals surface area contributed by atoms with Gasteiger partial charge in [0.1, 0.15) is 12.1 Å². The fourth-order valence-corrected chi connectivity index (χ4v) is 2.91. The van der Waals surface area contributed by atoms with Crippen LogP contribution in [0.15, 0.2) is 55.1 Å². The number of carbonyl (C=O) groups excluding carboxylic acids is 1. The normalized spacial score (nSPS) is 14.1. The van der Waals surface area contributed by atoms with Crippen LogP contribution in [0.5, 0.6) is 0 Å². The lowest BCUT2D eigenvalue weighted by Crippen LogP contribution is -2.54. The smallest absolute Gasteiger partial charge is 0.226 e. The Bertz CT molecular complexity index is 885. The van der Waals surface area contributed by atoms with Crippen LogP contribution in [0.1, 0.15) is 11.1 Å². The molecule has 0 bridgehead atoms. The third-order valence-corrected chi connectivity index (χ3v) is 4.54. The van der Waals surface area contributed by atoms with Crippen LogP contribution in [0, 0.1) is 12.8 Å². The van der Waals surface area contributed by atoms with Crippen molar-refractivity contribution in [3.63, 3.8) is 0 Å². The molecule has 2 aromatic heterocycles. The summed E-state index contributed by atoms with van der Waals surface area (Å²) >= 11 is 0. The quantitative estimate of drug-likeness (QED) is 0.760. The summed E-state index contributed by atoms with van der Waals surface area (Å²) in [5.74, 6) is 1.60. The number of hydrogen-bond donors (Lipinski definition) is 1. The van der Waals surface area contributed by atoms with Crippen LogP contribution in [-0.2, 0) is 11.3 Å². The van der Waals surface area contributed by atoms with Gasteiger partial charge in [0.05, 0.1) is 5.92 Å². The molecule has 7 nitrogen and oxygen atoms in total. The van der Waals surface area contributed by atoms with Gasteiger partial charge in [-0.25, -0.2) is 14.6 Å². The van der Waals surface area contributed by atoms with Crippen LogP contribution in [-0.4, -0.2) is 38.7 Å². The number of anilines is 1. The van der Waals surface area contributed by atoms with Crippen molar-refractivity contribution in [3.05, 3.63) is 66.2 Å². The van der Waals surface area contributed by atoms with Crippen molar-refractivity contribution >= 4 is 11.7 Å². The summed E-state index contributed by atoms with van der Waals surface area (Å²) in [7, 11) is 0. The maximum Gasteiger partial charge on any atom is 0.226 e. The van der Waals surface area contributed by atoms with Crippen molar-refractivity contribution in [3.8, 4) is 5.82 Å². The number of nitrogens with one attached hydrogen (secondary N) is 1. The van der Waals surface area contributed by atoms with E-state index in [1.54, 1.807) is 10.9 Å². The summed E-state index contributed by atoms with van der Waals surface area (Å²) in [6, 6.07) is 11.9. The Labute approximate surface area is 151 Å². The van der Waals surface area contributed by atoms with Gasteiger partial charge in [-0.05, 0) is 18.6 Å². The van der Waals surface area contributed by atoms with Crippen LogP contribution in [0.25, 0.3) is 5.82 Å². The van der Waals surface area contributed by atoms with Gasteiger partial charge in [-0.15, -0.1) is 0 Å². The zero-order valence-electron chi connectivity index (χ0n) is 14.5. The van der Waals surface area contributed by atoms with Gasteiger partial charge in [-0.3, -0.25) is 4.79 Å². The molecule has 26 heavy (non-hydrogen) atoms. The molecule has 1 amide bonds. The average Bonchev–Trinajstić information content (AvgIpc) is 3.15. The Hall–Kier alpha value is -3.22. The van der Waals surface area contributed by atoms with Crippen LogP contribution in [0.4, 0.5) is 5.82 Å². The van der Waals surface area contributed by atoms with E-state index in [4.69, 9.17) is 0 Å². The van der Waals surface area contributed by atoms with E-state index in [2.05, 4.69) is 44.3 Å². The van der Waals surface area contributed by atoms with Gasteiger partial charge in [0.25, 0.3) is 0 Å². The Balaban J connectivity index is 1.31. The van der Waals surface area contributed by atoms with E-state index >= 15 is 0 Å². The summed E-state index contributed by atoms with van der Waals surface area (Å²) in [5, 5.41) is 7.19. The number of rotatable bonds is 5. The van der Waals surface area contributed by atoms with Gasteiger partial charge >= 0.3 is 0 Å². The molecule has 1 fully saturated rings. The molecule has 132 valence electrons. The summed E-state index contributed by atoms with van der Waals surface area (Å²) in [4.78, 5) is 22.9. The fourth-order valence-electron chi connectivity index (χ4n) is 2.91. The van der Waals surface area contributed by atoms with E-state index in [0.29, 0.717) is 25.5 Å². The third kappa shape index (κ3) is 3.42. The maximum atomic E-state index is 12.3. The first-order chi connectivity index (χ1) is 12.7. The van der Waals surface area contributed by atoms with Gasteiger partial charge in [-0.2, -0.15) is 5.10 Å². The Morgan fingerprint density at radius 2 is 1.96 bits per heavy atom. The van der Waals surface area contributed by atoms with Gasteiger partial charge < -0.3 is 10.2 Å². The molecule has 4 rings (SSSR count). The Kier molecular flexibility index (Phi) is 4.35. The number of aryl methyl sites for hydroxylation is 1. The van der Waals surface area contributed by atoms with Crippen LogP contribution in [0.3, 0.4) is 0 Å². The minimum Gasteiger partial charge on any atom is -0.355 e. The highest BCUT2D eigenvalue weighted by atomic mass is 16.2. The van der Waals surface area contributed by atoms with Crippen LogP contribution >= 0.6 is 0 Å². The monoisotopic (exact) mass is 348 g/mol. The molecule has 3 heterocycles. The van der Waals surface area contributed by atoms with Crippen molar-refractivity contribution in [2.75, 3.05) is 18.0 Å². The van der Waals surface area contributed by atoms with Crippen molar-refractivity contribution < 1.29 is 4.79 Å². The van der Waals surface area contributed by atoms with E-state index in [9.17, 15) is 4.79 Å². The minimum atomic E-state index is -0.0106. The van der Waals surface area contributed by atoms with E-state index < -0.39 is 0 Å². The van der Waals surface area contributed by atoms with Crippen molar-refractivity contribution in [1.82, 2.24) is 25.1 Å². The largest absolute Gasteiger partial charge is 0.355 e. The average molecular weight is 348 g/mol. The van der Waals surface area contributed by atoms with Gasteiger partial charge in [0.2, 0.25) is 5.91 Å². The Morgan fingerprint density at radius 3 is 2.69 bits per heavy atom. The molecular formula is C19H20N6O. The van der Waals surface area contributed by atoms with Gasteiger partial charge in [0.15, 0.2) is 5.82 Å². The molecule has 1 aliphatic rings. The topological polar surface area (TPSA) is 75.9 Å². The molecule has 0 spiro atoms. The summed E-state index contributed by atoms with van der Waals surface area (Å²) < 4.78 is 1.69. The van der Waals surface area contributed by atoms with Crippen LogP contribution in [0.2, 0.25) is 0 Å². The van der Waals surface area contributed by atoms with Gasteiger partial charge in [0, 0.05) is 38.1 Å². The van der Waals surface area contributed by atoms with Crippen molar-refractivity contribution in [2.45, 2.75) is 13.5 Å². The molecule has 1 N–H and O–H groups in total. The number of carbonyl (C=O) groups is 1. The zero-order chi connectivity index (χ0) is 17.9. The number of benzene rings is 1. The molecule has 0 aliphatic carbocycles. The molecule has 0 saturated carbocycles. The molecule has 0 radical (unpaired) electrons. The first-order valence-electron chi connectivity index (χ1n) is 8.59. The second-order valence-electron chi connectivity index (χ2n) is 6.49. The first kappa shape index (κ1) is 16.3. The highest BCUT2D eigenvalue weighted by molar-refractivity contribution is 5.81. The van der Waals surface area contributed by atoms with Crippen molar-refractivity contribution in [1.29, 1.82) is 0 Å². The molecule has 1 saturated heterocycles. The summed E-state index contributed by atoms with van der Waals surface area (Å²) in [6.45, 7) is 3.94. The van der Waals surface area contributed by atoms with E-state index in [0.717, 1.165) is 11.4 Å². The minimum absolute atomic E-state index is 0.0106. The highest BCUT2D eigenvalue weighted by Crippen LogP contribution is 2.23. The fraction of sp³-hybridized carbons (Fsp3) is 0.263. The lowest BCUT2D eigenvalue weighted by atomic mass is 9.99. The van der Waals surface area contributed by atoms with E-state index in [1.165, 1.54) is 11.9 Å². The molecular weight excluding hydrogens is 328 g/mol. The Morgan fingerprint density at radius 1 is 1.19 bits per heavy atom. The van der Waals surface area contributed by atoms with E-state index in [-0.39, 0.29) is 11.8 Å². The number of aromatic nitrogens is 4. The lowest BCUT2D eigenvalue weighted by molar-refractivity contribution is -0.125. The van der Waals surface area contributed by atoms with Crippen LogP contribution < -0.4 is 10.2 Å². The third-order valence-electron chi connectivity index (χ3n) is 4.54. The van der Waals surface area contributed by atoms with E-state index in [1.807, 2.05) is 30.5 Å². The molecule has 0 atom stereocenters. The first-order valence-corrected chi connectivity index (χ1v) is 8.59. The molecule has 0 unspecified atom stereocenters. The zero-order valence-corrected chi connectivity index (χ0v) is 14.5. The van der Waals surface area contributed by atoms with Gasteiger partial charge in [-0.1, -0.05) is 29.8 Å². The SMILES string of the molecule is Cc1ccc(CNC(=O)C2CN(c3cc(-n4cccn4)ncn3)C2)cc1. The lowest BCUT2D eigenvalue weighted by Gasteiger charge is -2.39. The number of amides is 1. The number of hydrogen-bond acceptors (Lipinski definition) is 5. The molecule has 1 aromatic carbocycles. The molecule has 7 heteroatoms. The molecule has 1 aliphatic heterocycles. The second kappa shape index (κ2) is 6.95.